The topological polar surface area (TPSA) is 84.9 Å². The van der Waals surface area contributed by atoms with Crippen molar-refractivity contribution in [1.29, 1.82) is 0 Å². The third kappa shape index (κ3) is 3.47. The van der Waals surface area contributed by atoms with Gasteiger partial charge in [0.1, 0.15) is 17.2 Å². The van der Waals surface area contributed by atoms with Crippen molar-refractivity contribution in [2.24, 2.45) is 0 Å². The van der Waals surface area contributed by atoms with Crippen molar-refractivity contribution in [3.05, 3.63) is 42.5 Å². The second-order valence-electron chi connectivity index (χ2n) is 5.27. The van der Waals surface area contributed by atoms with Crippen LogP contribution in [0.5, 0.6) is 17.2 Å². The fourth-order valence-corrected chi connectivity index (χ4v) is 3.19. The Bertz CT molecular complexity index is 1030. The molecule has 3 aromatic carbocycles. The first-order chi connectivity index (χ1) is 11.9. The molecule has 6 nitrogen and oxygen atoms in total. The van der Waals surface area contributed by atoms with Crippen molar-refractivity contribution in [3.8, 4) is 17.2 Å². The van der Waals surface area contributed by atoms with Crippen LogP contribution in [-0.2, 0) is 10.4 Å². The molecule has 0 aliphatic carbocycles. The predicted molar refractivity (Wildman–Crippen MR) is 94.1 cm³/mol. The van der Waals surface area contributed by atoms with Gasteiger partial charge in [-0.05, 0) is 32.0 Å². The summed E-state index contributed by atoms with van der Waals surface area (Å²) in [6, 6.07) is 12.2. The lowest BCUT2D eigenvalue weighted by atomic mass is 10.0. The van der Waals surface area contributed by atoms with E-state index < -0.39 is 10.4 Å². The normalized spacial score (nSPS) is 11.6. The van der Waals surface area contributed by atoms with Crippen molar-refractivity contribution in [3.63, 3.8) is 0 Å². The zero-order valence-electron chi connectivity index (χ0n) is 13.8. The van der Waals surface area contributed by atoms with Crippen LogP contribution in [0.3, 0.4) is 0 Å². The minimum absolute atomic E-state index is 0.0683. The van der Waals surface area contributed by atoms with Gasteiger partial charge in [-0.3, -0.25) is 0 Å². The molecular formula is C18H17O6S-. The quantitative estimate of drug-likeness (QED) is 0.379. The van der Waals surface area contributed by atoms with E-state index in [-0.39, 0.29) is 5.75 Å². The Kier molecular flexibility index (Phi) is 4.69. The van der Waals surface area contributed by atoms with Crippen LogP contribution in [0.25, 0.3) is 21.5 Å². The van der Waals surface area contributed by atoms with Gasteiger partial charge in [-0.1, -0.05) is 24.3 Å². The molecule has 25 heavy (non-hydrogen) atoms. The SMILES string of the molecule is CCOc1c2ccccc2c(OCC)c2cc(OS(=O)(=O)[O-])ccc12. The minimum Gasteiger partial charge on any atom is -0.716 e. The van der Waals surface area contributed by atoms with Crippen LogP contribution < -0.4 is 13.7 Å². The van der Waals surface area contributed by atoms with Gasteiger partial charge < -0.3 is 18.2 Å². The van der Waals surface area contributed by atoms with Gasteiger partial charge in [0, 0.05) is 21.5 Å². The van der Waals surface area contributed by atoms with E-state index in [1.54, 1.807) is 6.07 Å². The summed E-state index contributed by atoms with van der Waals surface area (Å²) in [7, 11) is -4.86. The van der Waals surface area contributed by atoms with E-state index in [4.69, 9.17) is 9.47 Å². The van der Waals surface area contributed by atoms with Gasteiger partial charge in [0.2, 0.25) is 0 Å². The van der Waals surface area contributed by atoms with Gasteiger partial charge in [0.05, 0.1) is 13.2 Å². The van der Waals surface area contributed by atoms with E-state index in [0.29, 0.717) is 30.1 Å². The molecule has 0 saturated heterocycles. The van der Waals surface area contributed by atoms with Gasteiger partial charge in [-0.2, -0.15) is 0 Å². The highest BCUT2D eigenvalue weighted by molar-refractivity contribution is 7.81. The second-order valence-corrected chi connectivity index (χ2v) is 6.25. The summed E-state index contributed by atoms with van der Waals surface area (Å²) in [6.07, 6.45) is 0. The maximum atomic E-state index is 10.9. The molecule has 0 N–H and O–H groups in total. The zero-order valence-corrected chi connectivity index (χ0v) is 14.6. The molecule has 7 heteroatoms. The number of hydrogen-bond donors (Lipinski definition) is 0. The summed E-state index contributed by atoms with van der Waals surface area (Å²) >= 11 is 0. The highest BCUT2D eigenvalue weighted by atomic mass is 32.3. The van der Waals surface area contributed by atoms with Crippen molar-refractivity contribution >= 4 is 31.9 Å². The van der Waals surface area contributed by atoms with Crippen LogP contribution in [-0.4, -0.2) is 26.2 Å². The molecule has 0 heterocycles. The van der Waals surface area contributed by atoms with Crippen LogP contribution in [0.1, 0.15) is 13.8 Å². The molecule has 132 valence electrons. The number of rotatable bonds is 6. The molecule has 0 aliphatic heterocycles. The highest BCUT2D eigenvalue weighted by Gasteiger charge is 2.16. The minimum atomic E-state index is -4.86. The number of fused-ring (bicyclic) bond motifs is 2. The molecule has 3 rings (SSSR count). The van der Waals surface area contributed by atoms with Crippen molar-refractivity contribution in [1.82, 2.24) is 0 Å². The zero-order chi connectivity index (χ0) is 18.0. The predicted octanol–water partition coefficient (Wildman–Crippen LogP) is 3.63. The van der Waals surface area contributed by atoms with Crippen molar-refractivity contribution < 1.29 is 26.6 Å². The molecule has 0 aromatic heterocycles. The van der Waals surface area contributed by atoms with Gasteiger partial charge in [0.25, 0.3) is 10.4 Å². The van der Waals surface area contributed by atoms with Gasteiger partial charge in [-0.25, -0.2) is 8.42 Å². The first-order valence-corrected chi connectivity index (χ1v) is 9.17. The van der Waals surface area contributed by atoms with Gasteiger partial charge in [-0.15, -0.1) is 0 Å². The van der Waals surface area contributed by atoms with Crippen molar-refractivity contribution in [2.45, 2.75) is 13.8 Å². The Morgan fingerprint density at radius 3 is 1.88 bits per heavy atom. The van der Waals surface area contributed by atoms with Crippen LogP contribution in [0.4, 0.5) is 0 Å². The Morgan fingerprint density at radius 1 is 0.840 bits per heavy atom. The molecule has 0 unspecified atom stereocenters. The van der Waals surface area contributed by atoms with E-state index in [1.165, 1.54) is 12.1 Å². The maximum Gasteiger partial charge on any atom is 0.262 e. The molecule has 0 bridgehead atoms. The molecule has 0 amide bonds. The van der Waals surface area contributed by atoms with Gasteiger partial charge in [0.15, 0.2) is 0 Å². The van der Waals surface area contributed by atoms with E-state index in [0.717, 1.165) is 16.2 Å². The lowest BCUT2D eigenvalue weighted by Gasteiger charge is -2.18. The number of benzene rings is 3. The number of ether oxygens (including phenoxy) is 2. The molecule has 0 spiro atoms. The maximum absolute atomic E-state index is 10.9. The Labute approximate surface area is 145 Å². The molecule has 0 saturated carbocycles. The van der Waals surface area contributed by atoms with E-state index >= 15 is 0 Å². The van der Waals surface area contributed by atoms with E-state index in [1.807, 2.05) is 38.1 Å². The molecule has 0 aliphatic rings. The standard InChI is InChI=1S/C18H18O6S/c1-3-22-17-13-7-5-6-8-14(13)18(23-4-2)16-11-12(9-10-15(16)17)24-25(19,20)21/h5-11H,3-4H2,1-2H3,(H,19,20,21)/p-1. The van der Waals surface area contributed by atoms with Crippen LogP contribution in [0.15, 0.2) is 42.5 Å². The van der Waals surface area contributed by atoms with E-state index in [2.05, 4.69) is 4.18 Å². The summed E-state index contributed by atoms with van der Waals surface area (Å²) in [6.45, 7) is 4.65. The highest BCUT2D eigenvalue weighted by Crippen LogP contribution is 2.44. The third-order valence-corrected chi connectivity index (χ3v) is 4.07. The fraction of sp³-hybridized carbons (Fsp3) is 0.222. The average molecular weight is 361 g/mol. The molecule has 0 atom stereocenters. The van der Waals surface area contributed by atoms with Crippen molar-refractivity contribution in [2.75, 3.05) is 13.2 Å². The van der Waals surface area contributed by atoms with Crippen LogP contribution in [0, 0.1) is 0 Å². The molecule has 0 fully saturated rings. The smallest absolute Gasteiger partial charge is 0.262 e. The summed E-state index contributed by atoms with van der Waals surface area (Å²) in [5, 5.41) is 3.10. The summed E-state index contributed by atoms with van der Waals surface area (Å²) < 4.78 is 48.8. The summed E-state index contributed by atoms with van der Waals surface area (Å²) in [4.78, 5) is 0. The summed E-state index contributed by atoms with van der Waals surface area (Å²) in [5.41, 5.74) is 0. The largest absolute Gasteiger partial charge is 0.716 e. The fourth-order valence-electron chi connectivity index (χ4n) is 2.85. The molecular weight excluding hydrogens is 344 g/mol. The van der Waals surface area contributed by atoms with E-state index in [9.17, 15) is 13.0 Å². The monoisotopic (exact) mass is 361 g/mol. The third-order valence-electron chi connectivity index (χ3n) is 3.67. The Balaban J connectivity index is 2.38. The Hall–Kier alpha value is -2.51. The lowest BCUT2D eigenvalue weighted by molar-refractivity contribution is 0.342. The van der Waals surface area contributed by atoms with Crippen LogP contribution >= 0.6 is 0 Å². The average Bonchev–Trinajstić information content (AvgIpc) is 2.56. The molecule has 0 radical (unpaired) electrons. The second kappa shape index (κ2) is 6.78. The first kappa shape index (κ1) is 17.3. The number of hydrogen-bond acceptors (Lipinski definition) is 6. The first-order valence-electron chi connectivity index (χ1n) is 7.84. The summed E-state index contributed by atoms with van der Waals surface area (Å²) in [5.74, 6) is 1.19. The lowest BCUT2D eigenvalue weighted by Crippen LogP contribution is -2.07. The molecule has 3 aromatic rings. The van der Waals surface area contributed by atoms with Gasteiger partial charge >= 0.3 is 0 Å². The Morgan fingerprint density at radius 2 is 1.36 bits per heavy atom. The van der Waals surface area contributed by atoms with Crippen LogP contribution in [0.2, 0.25) is 0 Å².